The van der Waals surface area contributed by atoms with Crippen LogP contribution in [-0.4, -0.2) is 48.4 Å². The number of nitrogens with zero attached hydrogens (tertiary/aromatic N) is 3. The molecule has 4 nitrogen and oxygen atoms in total. The summed E-state index contributed by atoms with van der Waals surface area (Å²) < 4.78 is 0. The molecule has 124 valence electrons. The van der Waals surface area contributed by atoms with E-state index in [1.165, 1.54) is 0 Å². The van der Waals surface area contributed by atoms with Crippen LogP contribution in [0, 0.1) is 0 Å². The van der Waals surface area contributed by atoms with E-state index in [-0.39, 0.29) is 5.78 Å². The average Bonchev–Trinajstić information content (AvgIpc) is 2.63. The number of pyridine rings is 1. The first-order chi connectivity index (χ1) is 11.6. The lowest BCUT2D eigenvalue weighted by Gasteiger charge is -2.35. The predicted octanol–water partition coefficient (Wildman–Crippen LogP) is 3.30. The van der Waals surface area contributed by atoms with Crippen LogP contribution in [0.5, 0.6) is 0 Å². The molecule has 0 bridgehead atoms. The Labute approximate surface area is 147 Å². The van der Waals surface area contributed by atoms with Crippen LogP contribution >= 0.6 is 11.6 Å². The predicted molar refractivity (Wildman–Crippen MR) is 97.8 cm³/mol. The summed E-state index contributed by atoms with van der Waals surface area (Å²) in [5, 5.41) is 0.628. The number of benzene rings is 1. The number of aromatic nitrogens is 1. The van der Waals surface area contributed by atoms with Crippen molar-refractivity contribution >= 4 is 23.2 Å². The number of hydrogen-bond acceptors (Lipinski definition) is 4. The molecular formula is C19H20ClN3O. The molecule has 2 aromatic rings. The zero-order valence-corrected chi connectivity index (χ0v) is 14.2. The Balaban J connectivity index is 1.53. The van der Waals surface area contributed by atoms with E-state index in [2.05, 4.69) is 21.4 Å². The molecule has 1 aromatic heterocycles. The second-order valence-electron chi connectivity index (χ2n) is 5.89. The zero-order chi connectivity index (χ0) is 16.9. The summed E-state index contributed by atoms with van der Waals surface area (Å²) >= 11 is 5.86. The molecule has 1 saturated heterocycles. The lowest BCUT2D eigenvalue weighted by Crippen LogP contribution is -2.47. The third-order valence-electron chi connectivity index (χ3n) is 4.19. The van der Waals surface area contributed by atoms with Gasteiger partial charge in [-0.2, -0.15) is 0 Å². The molecule has 0 radical (unpaired) electrons. The summed E-state index contributed by atoms with van der Waals surface area (Å²) in [6.45, 7) is 8.16. The van der Waals surface area contributed by atoms with Crippen LogP contribution < -0.4 is 4.90 Å². The molecule has 5 heteroatoms. The van der Waals surface area contributed by atoms with E-state index in [0.717, 1.165) is 32.0 Å². The fourth-order valence-electron chi connectivity index (χ4n) is 2.82. The molecule has 0 amide bonds. The first kappa shape index (κ1) is 16.7. The van der Waals surface area contributed by atoms with Crippen LogP contribution in [0.15, 0.2) is 60.8 Å². The Kier molecular flexibility index (Phi) is 5.28. The van der Waals surface area contributed by atoms with Gasteiger partial charge in [0.2, 0.25) is 0 Å². The van der Waals surface area contributed by atoms with Gasteiger partial charge in [-0.25, -0.2) is 4.98 Å². The summed E-state index contributed by atoms with van der Waals surface area (Å²) in [4.78, 5) is 21.3. The highest BCUT2D eigenvalue weighted by molar-refractivity contribution is 6.30. The van der Waals surface area contributed by atoms with Crippen LogP contribution in [0.4, 0.5) is 5.82 Å². The fourth-order valence-corrected chi connectivity index (χ4v) is 2.95. The number of carbonyl (C=O) groups excluding carboxylic acids is 1. The van der Waals surface area contributed by atoms with E-state index in [1.807, 2.05) is 24.4 Å². The molecule has 2 heterocycles. The van der Waals surface area contributed by atoms with Gasteiger partial charge >= 0.3 is 0 Å². The molecular weight excluding hydrogens is 322 g/mol. The maximum absolute atomic E-state index is 12.4. The Morgan fingerprint density at radius 1 is 1.08 bits per heavy atom. The van der Waals surface area contributed by atoms with Gasteiger partial charge < -0.3 is 4.90 Å². The van der Waals surface area contributed by atoms with Crippen molar-refractivity contribution in [1.82, 2.24) is 9.88 Å². The van der Waals surface area contributed by atoms with Crippen molar-refractivity contribution in [2.45, 2.75) is 0 Å². The Morgan fingerprint density at radius 2 is 1.79 bits per heavy atom. The lowest BCUT2D eigenvalue weighted by atomic mass is 10.0. The molecule has 1 aromatic carbocycles. The number of Topliss-reactive ketones (excluding diaryl/α,β-unsaturated/α-hetero) is 1. The van der Waals surface area contributed by atoms with Crippen LogP contribution in [0.1, 0.15) is 10.4 Å². The molecule has 0 saturated carbocycles. The van der Waals surface area contributed by atoms with Crippen molar-refractivity contribution in [2.75, 3.05) is 37.6 Å². The quantitative estimate of drug-likeness (QED) is 0.617. The Morgan fingerprint density at radius 3 is 2.42 bits per heavy atom. The van der Waals surface area contributed by atoms with Crippen LogP contribution in [0.2, 0.25) is 5.02 Å². The standard InChI is InChI=1S/C19H20ClN3O/c1-15(19(24)16-5-7-17(20)8-6-16)14-22-10-12-23(13-11-22)18-4-2-3-9-21-18/h2-9H,1,10-14H2. The van der Waals surface area contributed by atoms with Crippen LogP contribution in [0.3, 0.4) is 0 Å². The molecule has 0 N–H and O–H groups in total. The number of rotatable bonds is 5. The van der Waals surface area contributed by atoms with Gasteiger partial charge in [0.05, 0.1) is 0 Å². The van der Waals surface area contributed by atoms with Gasteiger partial charge in [0.25, 0.3) is 0 Å². The third kappa shape index (κ3) is 4.02. The maximum Gasteiger partial charge on any atom is 0.189 e. The minimum absolute atomic E-state index is 0.0150. The van der Waals surface area contributed by atoms with Gasteiger partial charge in [-0.3, -0.25) is 9.69 Å². The molecule has 0 atom stereocenters. The molecule has 1 fully saturated rings. The van der Waals surface area contributed by atoms with Crippen molar-refractivity contribution in [1.29, 1.82) is 0 Å². The van der Waals surface area contributed by atoms with Crippen molar-refractivity contribution in [3.05, 3.63) is 71.4 Å². The van der Waals surface area contributed by atoms with Gasteiger partial charge in [-0.15, -0.1) is 0 Å². The summed E-state index contributed by atoms with van der Waals surface area (Å²) in [6.07, 6.45) is 1.81. The number of anilines is 1. The molecule has 3 rings (SSSR count). The first-order valence-corrected chi connectivity index (χ1v) is 8.37. The monoisotopic (exact) mass is 341 g/mol. The van der Waals surface area contributed by atoms with Gasteiger partial charge in [-0.1, -0.05) is 24.2 Å². The highest BCUT2D eigenvalue weighted by atomic mass is 35.5. The van der Waals surface area contributed by atoms with Crippen molar-refractivity contribution in [2.24, 2.45) is 0 Å². The van der Waals surface area contributed by atoms with E-state index in [4.69, 9.17) is 11.6 Å². The summed E-state index contributed by atoms with van der Waals surface area (Å²) in [7, 11) is 0. The largest absolute Gasteiger partial charge is 0.354 e. The molecule has 0 aliphatic carbocycles. The van der Waals surface area contributed by atoms with Crippen molar-refractivity contribution in [3.63, 3.8) is 0 Å². The topological polar surface area (TPSA) is 36.4 Å². The summed E-state index contributed by atoms with van der Waals surface area (Å²) in [5.41, 5.74) is 1.25. The summed E-state index contributed by atoms with van der Waals surface area (Å²) in [6, 6.07) is 12.9. The molecule has 1 aliphatic rings. The van der Waals surface area contributed by atoms with E-state index in [9.17, 15) is 4.79 Å². The van der Waals surface area contributed by atoms with Crippen LogP contribution in [0.25, 0.3) is 0 Å². The second-order valence-corrected chi connectivity index (χ2v) is 6.33. The van der Waals surface area contributed by atoms with Crippen LogP contribution in [-0.2, 0) is 0 Å². The first-order valence-electron chi connectivity index (χ1n) is 8.00. The van der Waals surface area contributed by atoms with Gasteiger partial charge in [-0.05, 0) is 36.4 Å². The summed E-state index contributed by atoms with van der Waals surface area (Å²) in [5.74, 6) is 0.993. The fraction of sp³-hybridized carbons (Fsp3) is 0.263. The highest BCUT2D eigenvalue weighted by Crippen LogP contribution is 2.16. The van der Waals surface area contributed by atoms with Gasteiger partial charge in [0.1, 0.15) is 5.82 Å². The van der Waals surface area contributed by atoms with Crippen molar-refractivity contribution in [3.8, 4) is 0 Å². The maximum atomic E-state index is 12.4. The van der Waals surface area contributed by atoms with E-state index in [0.29, 0.717) is 22.7 Å². The average molecular weight is 342 g/mol. The zero-order valence-electron chi connectivity index (χ0n) is 13.5. The Hall–Kier alpha value is -2.17. The minimum atomic E-state index is -0.0150. The molecule has 0 unspecified atom stereocenters. The van der Waals surface area contributed by atoms with Gasteiger partial charge in [0, 0.05) is 55.1 Å². The number of hydrogen-bond donors (Lipinski definition) is 0. The molecule has 24 heavy (non-hydrogen) atoms. The normalized spacial score (nSPS) is 15.3. The lowest BCUT2D eigenvalue weighted by molar-refractivity contribution is 0.102. The van der Waals surface area contributed by atoms with Gasteiger partial charge in [0.15, 0.2) is 5.78 Å². The number of carbonyl (C=O) groups is 1. The van der Waals surface area contributed by atoms with E-state index in [1.54, 1.807) is 24.3 Å². The minimum Gasteiger partial charge on any atom is -0.354 e. The smallest absolute Gasteiger partial charge is 0.189 e. The molecule has 1 aliphatic heterocycles. The van der Waals surface area contributed by atoms with Crippen molar-refractivity contribution < 1.29 is 4.79 Å². The highest BCUT2D eigenvalue weighted by Gasteiger charge is 2.20. The number of halogens is 1. The SMILES string of the molecule is C=C(CN1CCN(c2ccccn2)CC1)C(=O)c1ccc(Cl)cc1. The second kappa shape index (κ2) is 7.60. The number of piperazine rings is 1. The van der Waals surface area contributed by atoms with E-state index < -0.39 is 0 Å². The molecule has 0 spiro atoms. The Bertz CT molecular complexity index is 707. The number of ketones is 1. The third-order valence-corrected chi connectivity index (χ3v) is 4.44. The van der Waals surface area contributed by atoms with E-state index >= 15 is 0 Å².